The summed E-state index contributed by atoms with van der Waals surface area (Å²) in [5.41, 5.74) is 7.86. The Balaban J connectivity index is 1.94. The van der Waals surface area contributed by atoms with Crippen LogP contribution in [0.2, 0.25) is 0 Å². The first kappa shape index (κ1) is 16.0. The average molecular weight is 299 g/mol. The third-order valence-corrected chi connectivity index (χ3v) is 3.53. The van der Waals surface area contributed by atoms with E-state index >= 15 is 0 Å². The van der Waals surface area contributed by atoms with Gasteiger partial charge in [0.15, 0.2) is 0 Å². The number of nitrogens with zero attached hydrogens (tertiary/aromatic N) is 2. The lowest BCUT2D eigenvalue weighted by Gasteiger charge is -2.27. The van der Waals surface area contributed by atoms with Crippen molar-refractivity contribution in [1.82, 2.24) is 15.5 Å². The van der Waals surface area contributed by atoms with Crippen LogP contribution in [0.4, 0.5) is 0 Å². The van der Waals surface area contributed by atoms with E-state index in [0.29, 0.717) is 26.2 Å². The quantitative estimate of drug-likeness (QED) is 0.528. The Bertz CT molecular complexity index is 584. The van der Waals surface area contributed by atoms with Crippen molar-refractivity contribution in [2.45, 2.75) is 13.1 Å². The molecular weight excluding hydrogens is 278 g/mol. The molecule has 1 aromatic carbocycles. The van der Waals surface area contributed by atoms with Gasteiger partial charge in [-0.3, -0.25) is 4.79 Å². The van der Waals surface area contributed by atoms with E-state index in [4.69, 9.17) is 11.0 Å². The van der Waals surface area contributed by atoms with Crippen molar-refractivity contribution >= 4 is 5.91 Å². The number of benzene rings is 1. The van der Waals surface area contributed by atoms with Gasteiger partial charge in [-0.1, -0.05) is 24.3 Å². The van der Waals surface area contributed by atoms with Crippen molar-refractivity contribution in [3.05, 3.63) is 47.2 Å². The number of carbonyl (C=O) groups excluding carboxylic acids is 1. The maximum Gasteiger partial charge on any atom is 0.266 e. The van der Waals surface area contributed by atoms with Crippen LogP contribution in [0, 0.1) is 11.3 Å². The summed E-state index contributed by atoms with van der Waals surface area (Å²) in [6.07, 6.45) is 1.50. The van der Waals surface area contributed by atoms with Gasteiger partial charge in [0, 0.05) is 45.5 Å². The van der Waals surface area contributed by atoms with Gasteiger partial charge >= 0.3 is 0 Å². The minimum absolute atomic E-state index is 0.136. The largest absolute Gasteiger partial charge is 0.386 e. The topological polar surface area (TPSA) is 94.2 Å². The van der Waals surface area contributed by atoms with Crippen LogP contribution in [0.1, 0.15) is 11.1 Å². The molecule has 1 heterocycles. The molecular formula is C16H21N5O. The average Bonchev–Trinajstić information content (AvgIpc) is 2.59. The standard InChI is InChI=1S/C16H21N5O/c17-9-13-2-1-3-14(8-13)11-20-12-15(10-18)16(22)21-6-4-19-5-7-21/h1-3,8,12,19-20H,4-7,9,11,17H2/b15-12-. The Morgan fingerprint density at radius 2 is 2.14 bits per heavy atom. The third kappa shape index (κ3) is 4.32. The second kappa shape index (κ2) is 8.17. The second-order valence-corrected chi connectivity index (χ2v) is 5.12. The van der Waals surface area contributed by atoms with E-state index in [1.807, 2.05) is 30.3 Å². The Morgan fingerprint density at radius 1 is 1.41 bits per heavy atom. The molecule has 1 amide bonds. The van der Waals surface area contributed by atoms with Gasteiger partial charge in [-0.2, -0.15) is 5.26 Å². The van der Waals surface area contributed by atoms with E-state index in [9.17, 15) is 4.79 Å². The van der Waals surface area contributed by atoms with Gasteiger partial charge in [0.05, 0.1) is 0 Å². The van der Waals surface area contributed by atoms with Crippen LogP contribution in [-0.4, -0.2) is 37.0 Å². The normalized spacial score (nSPS) is 15.3. The van der Waals surface area contributed by atoms with Crippen LogP contribution in [0.5, 0.6) is 0 Å². The molecule has 1 aliphatic heterocycles. The van der Waals surface area contributed by atoms with E-state index in [2.05, 4.69) is 10.6 Å². The number of piperazine rings is 1. The highest BCUT2D eigenvalue weighted by Crippen LogP contribution is 2.05. The van der Waals surface area contributed by atoms with E-state index in [-0.39, 0.29) is 11.5 Å². The zero-order valence-corrected chi connectivity index (χ0v) is 12.5. The van der Waals surface area contributed by atoms with Gasteiger partial charge in [-0.05, 0) is 11.1 Å². The summed E-state index contributed by atoms with van der Waals surface area (Å²) < 4.78 is 0. The lowest BCUT2D eigenvalue weighted by molar-refractivity contribution is -0.127. The highest BCUT2D eigenvalue weighted by atomic mass is 16.2. The third-order valence-electron chi connectivity index (χ3n) is 3.53. The molecule has 1 fully saturated rings. The minimum atomic E-state index is -0.216. The van der Waals surface area contributed by atoms with Gasteiger partial charge < -0.3 is 21.3 Å². The molecule has 1 aromatic rings. The summed E-state index contributed by atoms with van der Waals surface area (Å²) in [6, 6.07) is 9.87. The van der Waals surface area contributed by atoms with Crippen molar-refractivity contribution in [1.29, 1.82) is 5.26 Å². The number of rotatable bonds is 5. The van der Waals surface area contributed by atoms with Crippen LogP contribution in [0.3, 0.4) is 0 Å². The zero-order chi connectivity index (χ0) is 15.8. The fraction of sp³-hybridized carbons (Fsp3) is 0.375. The molecule has 6 heteroatoms. The molecule has 0 radical (unpaired) electrons. The highest BCUT2D eigenvalue weighted by Gasteiger charge is 2.19. The van der Waals surface area contributed by atoms with Crippen molar-refractivity contribution in [2.75, 3.05) is 26.2 Å². The van der Waals surface area contributed by atoms with Gasteiger partial charge in [-0.25, -0.2) is 0 Å². The van der Waals surface area contributed by atoms with E-state index in [0.717, 1.165) is 24.2 Å². The lowest BCUT2D eigenvalue weighted by Crippen LogP contribution is -2.46. The van der Waals surface area contributed by atoms with Gasteiger partial charge in [0.2, 0.25) is 0 Å². The van der Waals surface area contributed by atoms with Crippen LogP contribution < -0.4 is 16.4 Å². The second-order valence-electron chi connectivity index (χ2n) is 5.12. The SMILES string of the molecule is N#C/C(=C/NCc1cccc(CN)c1)C(=O)N1CCNCC1. The number of hydrogen-bond donors (Lipinski definition) is 3. The maximum atomic E-state index is 12.2. The predicted octanol–water partition coefficient (Wildman–Crippen LogP) is 0.0742. The molecule has 1 aliphatic rings. The summed E-state index contributed by atoms with van der Waals surface area (Å²) in [4.78, 5) is 13.9. The molecule has 0 atom stereocenters. The van der Waals surface area contributed by atoms with E-state index in [1.165, 1.54) is 6.20 Å². The maximum absolute atomic E-state index is 12.2. The number of nitrogens with two attached hydrogens (primary N) is 1. The van der Waals surface area contributed by atoms with E-state index in [1.54, 1.807) is 4.90 Å². The minimum Gasteiger partial charge on any atom is -0.386 e. The molecule has 0 unspecified atom stereocenters. The van der Waals surface area contributed by atoms with Gasteiger partial charge in [-0.15, -0.1) is 0 Å². The number of amides is 1. The monoisotopic (exact) mass is 299 g/mol. The lowest BCUT2D eigenvalue weighted by atomic mass is 10.1. The molecule has 2 rings (SSSR count). The van der Waals surface area contributed by atoms with Crippen LogP contribution >= 0.6 is 0 Å². The Labute approximate surface area is 130 Å². The number of hydrogen-bond acceptors (Lipinski definition) is 5. The van der Waals surface area contributed by atoms with Gasteiger partial charge in [0.1, 0.15) is 11.6 Å². The van der Waals surface area contributed by atoms with Crippen LogP contribution in [-0.2, 0) is 17.9 Å². The molecule has 4 N–H and O–H groups in total. The first-order valence-electron chi connectivity index (χ1n) is 7.36. The first-order chi connectivity index (χ1) is 10.7. The summed E-state index contributed by atoms with van der Waals surface area (Å²) >= 11 is 0. The molecule has 0 aliphatic carbocycles. The van der Waals surface area contributed by atoms with E-state index < -0.39 is 0 Å². The summed E-state index contributed by atoms with van der Waals surface area (Å²) in [7, 11) is 0. The summed E-state index contributed by atoms with van der Waals surface area (Å²) in [5, 5.41) is 15.4. The Morgan fingerprint density at radius 3 is 2.82 bits per heavy atom. The molecule has 22 heavy (non-hydrogen) atoms. The fourth-order valence-corrected chi connectivity index (χ4v) is 2.32. The molecule has 0 bridgehead atoms. The fourth-order valence-electron chi connectivity index (χ4n) is 2.32. The smallest absolute Gasteiger partial charge is 0.266 e. The molecule has 6 nitrogen and oxygen atoms in total. The van der Waals surface area contributed by atoms with Crippen molar-refractivity contribution in [3.8, 4) is 6.07 Å². The summed E-state index contributed by atoms with van der Waals surface area (Å²) in [6.45, 7) is 3.85. The number of carbonyl (C=O) groups is 1. The van der Waals surface area contributed by atoms with Crippen molar-refractivity contribution in [3.63, 3.8) is 0 Å². The predicted molar refractivity (Wildman–Crippen MR) is 84.3 cm³/mol. The molecule has 1 saturated heterocycles. The van der Waals surface area contributed by atoms with Crippen LogP contribution in [0.15, 0.2) is 36.0 Å². The summed E-state index contributed by atoms with van der Waals surface area (Å²) in [5.74, 6) is -0.216. The van der Waals surface area contributed by atoms with Gasteiger partial charge in [0.25, 0.3) is 5.91 Å². The molecule has 0 spiro atoms. The molecule has 116 valence electrons. The Kier molecular flexibility index (Phi) is 5.95. The Hall–Kier alpha value is -2.36. The van der Waals surface area contributed by atoms with Crippen molar-refractivity contribution < 1.29 is 4.79 Å². The van der Waals surface area contributed by atoms with Crippen LogP contribution in [0.25, 0.3) is 0 Å². The number of nitrogens with one attached hydrogen (secondary N) is 2. The highest BCUT2D eigenvalue weighted by molar-refractivity contribution is 5.97. The molecule has 0 aromatic heterocycles. The zero-order valence-electron chi connectivity index (χ0n) is 12.5. The first-order valence-corrected chi connectivity index (χ1v) is 7.36. The number of nitriles is 1. The molecule has 0 saturated carbocycles. The van der Waals surface area contributed by atoms with Crippen molar-refractivity contribution in [2.24, 2.45) is 5.73 Å².